The van der Waals surface area contributed by atoms with Gasteiger partial charge in [-0.2, -0.15) is 23.1 Å². The van der Waals surface area contributed by atoms with Crippen LogP contribution in [0, 0.1) is 6.92 Å². The molecule has 2 rings (SSSR count). The second kappa shape index (κ2) is 9.68. The molecule has 0 aliphatic carbocycles. The van der Waals surface area contributed by atoms with Gasteiger partial charge in [-0.3, -0.25) is 0 Å². The minimum absolute atomic E-state index is 0.524. The van der Waals surface area contributed by atoms with Crippen LogP contribution in [-0.2, 0) is 20.1 Å². The van der Waals surface area contributed by atoms with E-state index in [2.05, 4.69) is 50.5 Å². The molecule has 2 heterocycles. The lowest BCUT2D eigenvalue weighted by atomic mass is 10.3. The Bertz CT molecular complexity index is 635. The fourth-order valence-electron chi connectivity index (χ4n) is 2.19. The number of hydrogen-bond acceptors (Lipinski definition) is 5. The van der Waals surface area contributed by atoms with Gasteiger partial charge in [0.25, 0.3) is 0 Å². The lowest BCUT2D eigenvalue weighted by Crippen LogP contribution is -2.39. The Morgan fingerprint density at radius 1 is 1.46 bits per heavy atom. The second-order valence-electron chi connectivity index (χ2n) is 5.62. The van der Waals surface area contributed by atoms with Gasteiger partial charge in [-0.05, 0) is 47.7 Å². The third-order valence-corrected chi connectivity index (χ3v) is 5.15. The molecule has 0 unspecified atom stereocenters. The third-order valence-electron chi connectivity index (χ3n) is 3.72. The van der Waals surface area contributed by atoms with Crippen LogP contribution < -0.4 is 5.32 Å². The van der Waals surface area contributed by atoms with Crippen molar-refractivity contribution < 1.29 is 0 Å². The van der Waals surface area contributed by atoms with Gasteiger partial charge in [0.05, 0.1) is 0 Å². The smallest absolute Gasteiger partial charge is 0.194 e. The molecule has 132 valence electrons. The number of thioether (sulfide) groups is 1. The molecule has 6 nitrogen and oxygen atoms in total. The highest BCUT2D eigenvalue weighted by Gasteiger charge is 2.09. The minimum Gasteiger partial charge on any atom is -0.356 e. The summed E-state index contributed by atoms with van der Waals surface area (Å²) in [6, 6.07) is 2.15. The van der Waals surface area contributed by atoms with Gasteiger partial charge in [-0.15, -0.1) is 10.2 Å². The van der Waals surface area contributed by atoms with E-state index in [1.165, 1.54) is 5.56 Å². The summed E-state index contributed by atoms with van der Waals surface area (Å²) in [5.74, 6) is 3.83. The Morgan fingerprint density at radius 3 is 2.92 bits per heavy atom. The number of guanidine groups is 1. The molecule has 0 aromatic carbocycles. The summed E-state index contributed by atoms with van der Waals surface area (Å²) in [5.41, 5.74) is 1.30. The van der Waals surface area contributed by atoms with E-state index in [0.29, 0.717) is 6.54 Å². The highest BCUT2D eigenvalue weighted by molar-refractivity contribution is 7.98. The molecule has 2 aromatic heterocycles. The summed E-state index contributed by atoms with van der Waals surface area (Å²) >= 11 is 3.59. The molecule has 0 aliphatic rings. The van der Waals surface area contributed by atoms with E-state index in [1.807, 2.05) is 30.3 Å². The Balaban J connectivity index is 2.02. The van der Waals surface area contributed by atoms with Gasteiger partial charge in [-0.25, -0.2) is 4.99 Å². The first-order chi connectivity index (χ1) is 11.6. The molecule has 0 spiro atoms. The molecule has 2 aromatic rings. The third kappa shape index (κ3) is 5.52. The molecule has 8 heteroatoms. The van der Waals surface area contributed by atoms with Crippen LogP contribution in [-0.4, -0.2) is 51.2 Å². The van der Waals surface area contributed by atoms with Gasteiger partial charge in [0.15, 0.2) is 11.8 Å². The molecular weight excluding hydrogens is 340 g/mol. The predicted molar refractivity (Wildman–Crippen MR) is 104 cm³/mol. The zero-order chi connectivity index (χ0) is 17.4. The summed E-state index contributed by atoms with van der Waals surface area (Å²) in [7, 11) is 4.04. The van der Waals surface area contributed by atoms with Gasteiger partial charge in [-0.1, -0.05) is 0 Å². The van der Waals surface area contributed by atoms with E-state index in [9.17, 15) is 0 Å². The van der Waals surface area contributed by atoms with Crippen molar-refractivity contribution in [1.82, 2.24) is 25.0 Å². The first-order valence-corrected chi connectivity index (χ1v) is 10.3. The van der Waals surface area contributed by atoms with E-state index in [-0.39, 0.29) is 0 Å². The monoisotopic (exact) mass is 366 g/mol. The summed E-state index contributed by atoms with van der Waals surface area (Å²) in [5, 5.41) is 16.0. The predicted octanol–water partition coefficient (Wildman–Crippen LogP) is 2.52. The molecular formula is C16H26N6S2. The largest absolute Gasteiger partial charge is 0.356 e. The van der Waals surface area contributed by atoms with Crippen LogP contribution in [0.15, 0.2) is 21.8 Å². The van der Waals surface area contributed by atoms with Crippen LogP contribution in [0.3, 0.4) is 0 Å². The van der Waals surface area contributed by atoms with Crippen LogP contribution in [0.25, 0.3) is 0 Å². The van der Waals surface area contributed by atoms with Crippen molar-refractivity contribution >= 4 is 29.1 Å². The Hall–Kier alpha value is -1.54. The minimum atomic E-state index is 0.524. The van der Waals surface area contributed by atoms with E-state index in [4.69, 9.17) is 4.99 Å². The Kier molecular flexibility index (Phi) is 7.58. The molecule has 0 radical (unpaired) electrons. The molecule has 0 bridgehead atoms. The van der Waals surface area contributed by atoms with Crippen molar-refractivity contribution in [2.75, 3.05) is 25.6 Å². The molecule has 0 aliphatic heterocycles. The summed E-state index contributed by atoms with van der Waals surface area (Å²) in [6.07, 6.45) is 3.25. The van der Waals surface area contributed by atoms with Gasteiger partial charge in [0, 0.05) is 27.2 Å². The lowest BCUT2D eigenvalue weighted by Gasteiger charge is -2.22. The normalized spacial score (nSPS) is 11.8. The first kappa shape index (κ1) is 18.8. The number of rotatable bonds is 8. The van der Waals surface area contributed by atoms with Crippen LogP contribution in [0.2, 0.25) is 0 Å². The number of aliphatic imine (C=N–C) groups is 1. The quantitative estimate of drug-likeness (QED) is 0.442. The van der Waals surface area contributed by atoms with Crippen LogP contribution in [0.5, 0.6) is 0 Å². The van der Waals surface area contributed by atoms with Crippen molar-refractivity contribution in [3.63, 3.8) is 0 Å². The molecule has 1 N–H and O–H groups in total. The maximum Gasteiger partial charge on any atom is 0.194 e. The highest BCUT2D eigenvalue weighted by Crippen LogP contribution is 2.09. The second-order valence-corrected chi connectivity index (χ2v) is 7.39. The summed E-state index contributed by atoms with van der Waals surface area (Å²) in [6.45, 7) is 4.24. The van der Waals surface area contributed by atoms with Crippen LogP contribution >= 0.6 is 23.1 Å². The van der Waals surface area contributed by atoms with Gasteiger partial charge in [0.2, 0.25) is 0 Å². The van der Waals surface area contributed by atoms with E-state index >= 15 is 0 Å². The average Bonchev–Trinajstić information content (AvgIpc) is 3.18. The fourth-order valence-corrected chi connectivity index (χ4v) is 3.29. The maximum absolute atomic E-state index is 4.75. The summed E-state index contributed by atoms with van der Waals surface area (Å²) in [4.78, 5) is 6.91. The molecule has 0 fully saturated rings. The van der Waals surface area contributed by atoms with Crippen molar-refractivity contribution in [3.8, 4) is 0 Å². The van der Waals surface area contributed by atoms with Gasteiger partial charge >= 0.3 is 0 Å². The van der Waals surface area contributed by atoms with E-state index in [1.54, 1.807) is 11.3 Å². The van der Waals surface area contributed by atoms with Gasteiger partial charge < -0.3 is 14.8 Å². The molecule has 0 saturated heterocycles. The fraction of sp³-hybridized carbons (Fsp3) is 0.562. The van der Waals surface area contributed by atoms with Crippen molar-refractivity contribution in [3.05, 3.63) is 34.0 Å². The molecule has 0 saturated carbocycles. The number of hydrogen-bond donors (Lipinski definition) is 1. The SMILES string of the molecule is CSCCCNC(=NCc1nnc(C)n1C)N(C)Cc1ccsc1. The zero-order valence-electron chi connectivity index (χ0n) is 14.8. The van der Waals surface area contributed by atoms with E-state index < -0.39 is 0 Å². The Labute approximate surface area is 152 Å². The number of aryl methyl sites for hydroxylation is 1. The number of thiophene rings is 1. The molecule has 0 atom stereocenters. The number of aromatic nitrogens is 3. The molecule has 0 amide bonds. The van der Waals surface area contributed by atoms with E-state index in [0.717, 1.165) is 42.9 Å². The zero-order valence-corrected chi connectivity index (χ0v) is 16.5. The van der Waals surface area contributed by atoms with Crippen molar-refractivity contribution in [1.29, 1.82) is 0 Å². The first-order valence-electron chi connectivity index (χ1n) is 7.96. The van der Waals surface area contributed by atoms with Crippen LogP contribution in [0.1, 0.15) is 23.6 Å². The Morgan fingerprint density at radius 2 is 2.29 bits per heavy atom. The van der Waals surface area contributed by atoms with Crippen LogP contribution in [0.4, 0.5) is 0 Å². The van der Waals surface area contributed by atoms with Crippen molar-refractivity contribution in [2.45, 2.75) is 26.4 Å². The lowest BCUT2D eigenvalue weighted by molar-refractivity contribution is 0.475. The van der Waals surface area contributed by atoms with Crippen molar-refractivity contribution in [2.24, 2.45) is 12.0 Å². The number of nitrogens with one attached hydrogen (secondary N) is 1. The highest BCUT2D eigenvalue weighted by atomic mass is 32.2. The van der Waals surface area contributed by atoms with Gasteiger partial charge in [0.1, 0.15) is 12.4 Å². The maximum atomic E-state index is 4.75. The summed E-state index contributed by atoms with van der Waals surface area (Å²) < 4.78 is 1.98. The molecule has 24 heavy (non-hydrogen) atoms. The topological polar surface area (TPSA) is 58.3 Å². The number of nitrogens with zero attached hydrogens (tertiary/aromatic N) is 5. The standard InChI is InChI=1S/C16H26N6S2/c1-13-19-20-15(22(13)3)10-18-16(17-7-5-8-23-4)21(2)11-14-6-9-24-12-14/h6,9,12H,5,7-8,10-11H2,1-4H3,(H,17,18). The average molecular weight is 367 g/mol.